The first-order valence-corrected chi connectivity index (χ1v) is 12.1. The van der Waals surface area contributed by atoms with Crippen molar-refractivity contribution in [2.75, 3.05) is 0 Å². The number of benzene rings is 3. The lowest BCUT2D eigenvalue weighted by atomic mass is 9.91. The number of hydrogen-bond donors (Lipinski definition) is 2. The Bertz CT molecular complexity index is 1340. The molecule has 1 atom stereocenters. The number of allylic oxidation sites excluding steroid dienone is 4. The molecule has 3 nitrogen and oxygen atoms in total. The van der Waals surface area contributed by atoms with Gasteiger partial charge in [-0.05, 0) is 74.2 Å². The van der Waals surface area contributed by atoms with Crippen molar-refractivity contribution in [1.29, 1.82) is 0 Å². The summed E-state index contributed by atoms with van der Waals surface area (Å²) in [5, 5.41) is 2.42. The Morgan fingerprint density at radius 1 is 1.03 bits per heavy atom. The monoisotopic (exact) mass is 484 g/mol. The summed E-state index contributed by atoms with van der Waals surface area (Å²) in [5.41, 5.74) is 15.6. The van der Waals surface area contributed by atoms with Gasteiger partial charge in [0.25, 0.3) is 0 Å². The average molecular weight is 485 g/mol. The Morgan fingerprint density at radius 2 is 1.72 bits per heavy atom. The summed E-state index contributed by atoms with van der Waals surface area (Å²) in [6.45, 7) is 13.6. The van der Waals surface area contributed by atoms with Gasteiger partial charge in [0.2, 0.25) is 0 Å². The second-order valence-corrected chi connectivity index (χ2v) is 8.44. The Hall–Kier alpha value is -4.05. The minimum Gasteiger partial charge on any atom is -0.456 e. The zero-order chi connectivity index (χ0) is 26.5. The van der Waals surface area contributed by atoms with Gasteiger partial charge in [0.1, 0.15) is 17.0 Å². The standard InChI is InChI=1S/C19H20O.C8H8FN.C5H9N/c1-4-5-8-13(2)15-11-12-17-16-9-6-7-10-18(16)20-19(17)14(15)3;1-6(10)7-4-2-3-5-8(7)9;1-2-3-4-5-6/h4,6-7,9-13H,1,5,8H2,2-3H3;2-5H,1,10H2;2-5H,6H2,1H3/b;;3-2-,5-4-/t13-;;/m0../s1. The van der Waals surface area contributed by atoms with Crippen LogP contribution in [-0.2, 0) is 0 Å². The Labute approximate surface area is 214 Å². The lowest BCUT2D eigenvalue weighted by Crippen LogP contribution is -1.96. The van der Waals surface area contributed by atoms with Crippen LogP contribution in [0.2, 0.25) is 0 Å². The third-order valence-corrected chi connectivity index (χ3v) is 5.81. The van der Waals surface area contributed by atoms with Gasteiger partial charge in [0.05, 0.1) is 0 Å². The van der Waals surface area contributed by atoms with Crippen LogP contribution in [0.4, 0.5) is 4.39 Å². The van der Waals surface area contributed by atoms with Crippen molar-refractivity contribution in [2.45, 2.75) is 39.5 Å². The second kappa shape index (κ2) is 14.4. The van der Waals surface area contributed by atoms with Crippen molar-refractivity contribution in [2.24, 2.45) is 11.5 Å². The van der Waals surface area contributed by atoms with Crippen LogP contribution < -0.4 is 11.5 Å². The van der Waals surface area contributed by atoms with E-state index >= 15 is 0 Å². The molecule has 36 heavy (non-hydrogen) atoms. The third-order valence-electron chi connectivity index (χ3n) is 5.81. The van der Waals surface area contributed by atoms with Crippen molar-refractivity contribution in [3.8, 4) is 0 Å². The summed E-state index contributed by atoms with van der Waals surface area (Å²) < 4.78 is 18.8. The molecule has 0 saturated heterocycles. The van der Waals surface area contributed by atoms with Crippen LogP contribution in [-0.4, -0.2) is 0 Å². The van der Waals surface area contributed by atoms with E-state index in [0.29, 0.717) is 11.5 Å². The highest BCUT2D eigenvalue weighted by Crippen LogP contribution is 2.35. The summed E-state index contributed by atoms with van der Waals surface area (Å²) in [5.74, 6) is 0.209. The van der Waals surface area contributed by atoms with Crippen molar-refractivity contribution >= 4 is 27.6 Å². The van der Waals surface area contributed by atoms with Gasteiger partial charge in [-0.2, -0.15) is 0 Å². The van der Waals surface area contributed by atoms with Gasteiger partial charge in [0.15, 0.2) is 0 Å². The molecule has 4 rings (SSSR count). The van der Waals surface area contributed by atoms with Gasteiger partial charge in [-0.15, -0.1) is 6.58 Å². The summed E-state index contributed by atoms with van der Waals surface area (Å²) in [4.78, 5) is 0. The maximum atomic E-state index is 12.7. The largest absolute Gasteiger partial charge is 0.456 e. The maximum Gasteiger partial charge on any atom is 0.138 e. The van der Waals surface area contributed by atoms with E-state index in [1.54, 1.807) is 24.3 Å². The van der Waals surface area contributed by atoms with Crippen molar-refractivity contribution in [3.05, 3.63) is 127 Å². The molecule has 4 N–H and O–H groups in total. The van der Waals surface area contributed by atoms with Gasteiger partial charge in [-0.3, -0.25) is 0 Å². The zero-order valence-corrected chi connectivity index (χ0v) is 21.5. The fourth-order valence-corrected chi connectivity index (χ4v) is 3.89. The van der Waals surface area contributed by atoms with Crippen molar-refractivity contribution < 1.29 is 8.81 Å². The van der Waals surface area contributed by atoms with E-state index in [1.807, 2.05) is 37.3 Å². The Morgan fingerprint density at radius 3 is 2.31 bits per heavy atom. The van der Waals surface area contributed by atoms with Crippen LogP contribution in [0.5, 0.6) is 0 Å². The molecule has 0 amide bonds. The predicted molar refractivity (Wildman–Crippen MR) is 154 cm³/mol. The molecule has 0 aliphatic rings. The molecular formula is C32H37FN2O. The number of para-hydroxylation sites is 1. The number of hydrogen-bond acceptors (Lipinski definition) is 3. The molecule has 0 unspecified atom stereocenters. The second-order valence-electron chi connectivity index (χ2n) is 8.44. The third kappa shape index (κ3) is 7.47. The predicted octanol–water partition coefficient (Wildman–Crippen LogP) is 8.75. The lowest BCUT2D eigenvalue weighted by Gasteiger charge is -2.13. The Balaban J connectivity index is 0.000000238. The fourth-order valence-electron chi connectivity index (χ4n) is 3.89. The molecule has 188 valence electrons. The molecular weight excluding hydrogens is 447 g/mol. The smallest absolute Gasteiger partial charge is 0.138 e. The molecule has 1 aromatic heterocycles. The fraction of sp³-hybridized carbons (Fsp3) is 0.188. The number of furan rings is 1. The number of fused-ring (bicyclic) bond motifs is 3. The number of aryl methyl sites for hydroxylation is 1. The van der Waals surface area contributed by atoms with Gasteiger partial charge in [-0.25, -0.2) is 4.39 Å². The highest BCUT2D eigenvalue weighted by atomic mass is 19.1. The quantitative estimate of drug-likeness (QED) is 0.212. The van der Waals surface area contributed by atoms with E-state index in [0.717, 1.165) is 24.0 Å². The molecule has 1 heterocycles. The van der Waals surface area contributed by atoms with Crippen LogP contribution in [0.15, 0.2) is 109 Å². The molecule has 4 heteroatoms. The van der Waals surface area contributed by atoms with Crippen LogP contribution in [0.25, 0.3) is 27.6 Å². The van der Waals surface area contributed by atoms with E-state index < -0.39 is 0 Å². The van der Waals surface area contributed by atoms with E-state index in [2.05, 4.69) is 51.3 Å². The van der Waals surface area contributed by atoms with Crippen LogP contribution >= 0.6 is 0 Å². The van der Waals surface area contributed by atoms with Crippen LogP contribution in [0.1, 0.15) is 49.3 Å². The topological polar surface area (TPSA) is 65.2 Å². The SMILES string of the molecule is C/C=C\C=C/N.C=C(N)c1ccccc1F.C=CCC[C@H](C)c1ccc2c(oc3ccccc32)c1C. The van der Waals surface area contributed by atoms with Gasteiger partial charge >= 0.3 is 0 Å². The minimum atomic E-state index is -0.324. The van der Waals surface area contributed by atoms with E-state index in [4.69, 9.17) is 15.9 Å². The summed E-state index contributed by atoms with van der Waals surface area (Å²) in [6.07, 6.45) is 11.3. The van der Waals surface area contributed by atoms with Gasteiger partial charge in [-0.1, -0.05) is 74.2 Å². The number of rotatable bonds is 6. The highest BCUT2D eigenvalue weighted by Gasteiger charge is 2.14. The van der Waals surface area contributed by atoms with Gasteiger partial charge in [0, 0.05) is 22.0 Å². The maximum absolute atomic E-state index is 12.7. The molecule has 0 aliphatic carbocycles. The number of nitrogens with two attached hydrogens (primary N) is 2. The first kappa shape index (κ1) is 28.2. The van der Waals surface area contributed by atoms with E-state index in [-0.39, 0.29) is 11.5 Å². The number of halogens is 1. The van der Waals surface area contributed by atoms with Crippen LogP contribution in [0.3, 0.4) is 0 Å². The lowest BCUT2D eigenvalue weighted by molar-refractivity contribution is 0.624. The van der Waals surface area contributed by atoms with Crippen molar-refractivity contribution in [3.63, 3.8) is 0 Å². The first-order valence-electron chi connectivity index (χ1n) is 12.1. The molecule has 0 bridgehead atoms. The molecule has 0 radical (unpaired) electrons. The first-order chi connectivity index (χ1) is 17.3. The molecule has 4 aromatic rings. The normalized spacial score (nSPS) is 11.7. The summed E-state index contributed by atoms with van der Waals surface area (Å²) >= 11 is 0. The van der Waals surface area contributed by atoms with E-state index in [1.165, 1.54) is 34.2 Å². The highest BCUT2D eigenvalue weighted by molar-refractivity contribution is 6.06. The van der Waals surface area contributed by atoms with Crippen molar-refractivity contribution in [1.82, 2.24) is 0 Å². The summed E-state index contributed by atoms with van der Waals surface area (Å²) in [7, 11) is 0. The molecule has 0 fully saturated rings. The molecule has 0 spiro atoms. The average Bonchev–Trinajstić information content (AvgIpc) is 3.27. The minimum absolute atomic E-state index is 0.262. The van der Waals surface area contributed by atoms with E-state index in [9.17, 15) is 4.39 Å². The van der Waals surface area contributed by atoms with Gasteiger partial charge < -0.3 is 15.9 Å². The zero-order valence-electron chi connectivity index (χ0n) is 21.5. The molecule has 3 aromatic carbocycles. The molecule has 0 aliphatic heterocycles. The Kier molecular flexibility index (Phi) is 11.3. The van der Waals surface area contributed by atoms with Crippen LogP contribution in [0, 0.1) is 12.7 Å². The molecule has 0 saturated carbocycles. The summed E-state index contributed by atoms with van der Waals surface area (Å²) in [6, 6.07) is 19.0.